The first-order valence-corrected chi connectivity index (χ1v) is 22.2. The molecule has 4 aromatic rings. The van der Waals surface area contributed by atoms with E-state index in [0.717, 1.165) is 6.42 Å². The van der Waals surface area contributed by atoms with Crippen LogP contribution in [-0.2, 0) is 4.43 Å². The van der Waals surface area contributed by atoms with Gasteiger partial charge in [-0.1, -0.05) is 142 Å². The summed E-state index contributed by atoms with van der Waals surface area (Å²) in [5.41, 5.74) is -0.853. The standard InChI is InChI=1S/C19H22OSi.C12H11ClSi.C7H12O.C6H15N/c1-4-5-16-19(2,3)20-21(17-12-8-6-9-13-17)18-14-10-7-11-15-18;13-14(11-7-3-1-4-8-11)12-9-5-2-6-10-12;1-4-5-6-7(2,3)8;1-4-7(5-2)6-3/h6-15,21H,16H2,1-3H3;1-10,14H;8H,6H2,1-3H3;4-6H2,1-3H3. The number of hydrogen-bond acceptors (Lipinski definition) is 3. The highest BCUT2D eigenvalue weighted by Crippen LogP contribution is 2.15. The summed E-state index contributed by atoms with van der Waals surface area (Å²) in [5.74, 6) is 11.6. The van der Waals surface area contributed by atoms with Crippen LogP contribution in [0.2, 0.25) is 0 Å². The molecule has 0 saturated heterocycles. The SMILES string of the molecule is CC#CCC(C)(C)O.CC#CCC(C)(C)O[SiH](c1ccccc1)c1ccccc1.CCN(CC)CC.Cl[SiH](c1ccccc1)c1ccccc1. The Hall–Kier alpha value is -3.40. The first-order chi connectivity index (χ1) is 23.9. The summed E-state index contributed by atoms with van der Waals surface area (Å²) in [7, 11) is -3.13. The summed E-state index contributed by atoms with van der Waals surface area (Å²) in [6, 6.07) is 41.8. The van der Waals surface area contributed by atoms with Gasteiger partial charge in [0.25, 0.3) is 0 Å². The summed E-state index contributed by atoms with van der Waals surface area (Å²) < 4.78 is 6.55. The highest BCUT2D eigenvalue weighted by molar-refractivity contribution is 7.21. The lowest BCUT2D eigenvalue weighted by molar-refractivity contribution is 0.0862. The molecule has 1 N–H and O–H groups in total. The van der Waals surface area contributed by atoms with Crippen molar-refractivity contribution in [1.82, 2.24) is 4.90 Å². The minimum atomic E-state index is -1.69. The Balaban J connectivity index is 0.000000370. The van der Waals surface area contributed by atoms with Crippen LogP contribution in [-0.4, -0.2) is 58.0 Å². The molecule has 4 aromatic carbocycles. The summed E-state index contributed by atoms with van der Waals surface area (Å²) >= 11 is 6.47. The predicted octanol–water partition coefficient (Wildman–Crippen LogP) is 7.02. The lowest BCUT2D eigenvalue weighted by atomic mass is 10.1. The molecule has 0 aromatic heterocycles. The van der Waals surface area contributed by atoms with Gasteiger partial charge in [0, 0.05) is 12.8 Å². The quantitative estimate of drug-likeness (QED) is 0.103. The number of aliphatic hydroxyl groups is 1. The smallest absolute Gasteiger partial charge is 0.240 e. The van der Waals surface area contributed by atoms with Gasteiger partial charge in [0.1, 0.15) is 0 Å². The van der Waals surface area contributed by atoms with Crippen LogP contribution in [0.3, 0.4) is 0 Å². The number of benzene rings is 4. The van der Waals surface area contributed by atoms with E-state index in [-0.39, 0.29) is 5.60 Å². The van der Waals surface area contributed by atoms with Crippen LogP contribution in [0.4, 0.5) is 0 Å². The third kappa shape index (κ3) is 19.7. The van der Waals surface area contributed by atoms with Gasteiger partial charge in [-0.3, -0.25) is 0 Å². The molecule has 50 heavy (non-hydrogen) atoms. The highest BCUT2D eigenvalue weighted by atomic mass is 35.6. The van der Waals surface area contributed by atoms with Crippen LogP contribution in [0, 0.1) is 23.7 Å². The Bertz CT molecular complexity index is 1450. The van der Waals surface area contributed by atoms with E-state index in [2.05, 4.69) is 136 Å². The van der Waals surface area contributed by atoms with Crippen molar-refractivity contribution >= 4 is 49.0 Å². The molecule has 0 aliphatic rings. The maximum absolute atomic E-state index is 9.05. The molecule has 3 nitrogen and oxygen atoms in total. The average Bonchev–Trinajstić information content (AvgIpc) is 3.14. The van der Waals surface area contributed by atoms with E-state index in [1.165, 1.54) is 40.4 Å². The van der Waals surface area contributed by atoms with E-state index in [4.69, 9.17) is 20.6 Å². The van der Waals surface area contributed by atoms with Crippen molar-refractivity contribution < 1.29 is 9.53 Å². The third-order valence-electron chi connectivity index (χ3n) is 7.56. The van der Waals surface area contributed by atoms with Crippen molar-refractivity contribution in [3.05, 3.63) is 121 Å². The second-order valence-corrected chi connectivity index (χ2v) is 18.6. The minimum Gasteiger partial charge on any atom is -0.405 e. The predicted molar refractivity (Wildman–Crippen MR) is 226 cm³/mol. The molecule has 0 aliphatic carbocycles. The first-order valence-electron chi connectivity index (χ1n) is 17.7. The molecule has 0 atom stereocenters. The van der Waals surface area contributed by atoms with Gasteiger partial charge < -0.3 is 14.4 Å². The molecular formula is C44H60ClNO2Si2. The topological polar surface area (TPSA) is 32.7 Å². The zero-order chi connectivity index (χ0) is 37.3. The molecule has 4 rings (SSSR count). The fourth-order valence-corrected chi connectivity index (χ4v) is 9.56. The van der Waals surface area contributed by atoms with Gasteiger partial charge in [-0.25, -0.2) is 0 Å². The van der Waals surface area contributed by atoms with E-state index in [1.54, 1.807) is 20.8 Å². The van der Waals surface area contributed by atoms with Gasteiger partial charge in [0.05, 0.1) is 11.2 Å². The largest absolute Gasteiger partial charge is 0.405 e. The monoisotopic (exact) mass is 725 g/mol. The summed E-state index contributed by atoms with van der Waals surface area (Å²) in [6.45, 7) is 21.5. The average molecular weight is 727 g/mol. The molecule has 6 heteroatoms. The number of rotatable bonds is 11. The molecule has 0 saturated carbocycles. The van der Waals surface area contributed by atoms with Gasteiger partial charge in [0.2, 0.25) is 17.1 Å². The minimum absolute atomic E-state index is 0.231. The van der Waals surface area contributed by atoms with Crippen molar-refractivity contribution in [2.75, 3.05) is 19.6 Å². The van der Waals surface area contributed by atoms with E-state index in [1.807, 2.05) is 55.5 Å². The molecule has 0 radical (unpaired) electrons. The molecular weight excluding hydrogens is 666 g/mol. The molecule has 0 spiro atoms. The van der Waals surface area contributed by atoms with Crippen LogP contribution in [0.15, 0.2) is 121 Å². The third-order valence-corrected chi connectivity index (χ3v) is 13.9. The van der Waals surface area contributed by atoms with Crippen molar-refractivity contribution in [2.24, 2.45) is 0 Å². The van der Waals surface area contributed by atoms with Gasteiger partial charge in [0.15, 0.2) is 0 Å². The fraction of sp³-hybridized carbons (Fsp3) is 0.364. The Morgan fingerprint density at radius 2 is 0.900 bits per heavy atom. The Morgan fingerprint density at radius 3 is 1.16 bits per heavy atom. The number of halogens is 1. The number of hydrogen-bond donors (Lipinski definition) is 1. The van der Waals surface area contributed by atoms with Crippen LogP contribution in [0.1, 0.15) is 75.2 Å². The summed E-state index contributed by atoms with van der Waals surface area (Å²) in [5, 5.41) is 14.2. The summed E-state index contributed by atoms with van der Waals surface area (Å²) in [6.07, 6.45) is 1.32. The summed E-state index contributed by atoms with van der Waals surface area (Å²) in [4.78, 5) is 2.38. The van der Waals surface area contributed by atoms with Crippen molar-refractivity contribution in [3.8, 4) is 23.7 Å². The molecule has 0 bridgehead atoms. The van der Waals surface area contributed by atoms with E-state index in [9.17, 15) is 0 Å². The Kier molecular flexibility index (Phi) is 22.8. The normalized spacial score (nSPS) is 10.6. The van der Waals surface area contributed by atoms with Gasteiger partial charge >= 0.3 is 0 Å². The lowest BCUT2D eigenvalue weighted by Crippen LogP contribution is -2.49. The second-order valence-electron chi connectivity index (χ2n) is 12.9. The van der Waals surface area contributed by atoms with E-state index < -0.39 is 22.7 Å². The fourth-order valence-electron chi connectivity index (χ4n) is 4.66. The number of nitrogens with zero attached hydrogens (tertiary/aromatic N) is 1. The van der Waals surface area contributed by atoms with Crippen LogP contribution < -0.4 is 20.7 Å². The van der Waals surface area contributed by atoms with Gasteiger partial charge in [-0.2, -0.15) is 11.1 Å². The van der Waals surface area contributed by atoms with Crippen molar-refractivity contribution in [3.63, 3.8) is 0 Å². The molecule has 0 fully saturated rings. The molecule has 0 heterocycles. The molecule has 0 amide bonds. The maximum atomic E-state index is 9.05. The highest BCUT2D eigenvalue weighted by Gasteiger charge is 2.26. The Morgan fingerprint density at radius 1 is 0.580 bits per heavy atom. The molecule has 0 unspecified atom stereocenters. The van der Waals surface area contributed by atoms with Crippen LogP contribution >= 0.6 is 11.1 Å². The van der Waals surface area contributed by atoms with E-state index in [0.29, 0.717) is 6.42 Å². The zero-order valence-electron chi connectivity index (χ0n) is 31.9. The van der Waals surface area contributed by atoms with Gasteiger partial charge in [-0.05, 0) is 81.9 Å². The maximum Gasteiger partial charge on any atom is 0.240 e. The lowest BCUT2D eigenvalue weighted by Gasteiger charge is -2.29. The van der Waals surface area contributed by atoms with Crippen molar-refractivity contribution in [1.29, 1.82) is 0 Å². The van der Waals surface area contributed by atoms with Gasteiger partial charge in [-0.15, -0.1) is 23.7 Å². The van der Waals surface area contributed by atoms with Crippen molar-refractivity contribution in [2.45, 2.75) is 86.4 Å². The van der Waals surface area contributed by atoms with Crippen LogP contribution in [0.5, 0.6) is 0 Å². The molecule has 0 aliphatic heterocycles. The Labute approximate surface area is 313 Å². The zero-order valence-corrected chi connectivity index (χ0v) is 35.0. The second kappa shape index (κ2) is 25.5. The first kappa shape index (κ1) is 44.6. The molecule has 268 valence electrons. The van der Waals surface area contributed by atoms with Crippen LogP contribution in [0.25, 0.3) is 0 Å². The van der Waals surface area contributed by atoms with E-state index >= 15 is 0 Å².